The van der Waals surface area contributed by atoms with Crippen molar-refractivity contribution >= 4 is 55.7 Å². The third-order valence-electron chi connectivity index (χ3n) is 3.33. The molecular weight excluding hydrogens is 366 g/mol. The van der Waals surface area contributed by atoms with Gasteiger partial charge in [-0.25, -0.2) is 4.98 Å². The lowest BCUT2D eigenvalue weighted by Gasteiger charge is -2.00. The molecule has 3 rings (SSSR count). The zero-order valence-corrected chi connectivity index (χ0v) is 15.8. The van der Waals surface area contributed by atoms with Gasteiger partial charge in [0, 0.05) is 7.05 Å². The second-order valence-electron chi connectivity index (χ2n) is 5.00. The predicted molar refractivity (Wildman–Crippen MR) is 98.2 cm³/mol. The van der Waals surface area contributed by atoms with Crippen molar-refractivity contribution in [2.24, 2.45) is 7.05 Å². The quantitative estimate of drug-likeness (QED) is 0.683. The second kappa shape index (κ2) is 6.99. The Hall–Kier alpha value is -1.78. The lowest BCUT2D eigenvalue weighted by molar-refractivity contribution is -0.113. The van der Waals surface area contributed by atoms with Crippen LogP contribution in [0.1, 0.15) is 17.8 Å². The van der Waals surface area contributed by atoms with Gasteiger partial charge in [0.15, 0.2) is 0 Å². The number of rotatable bonds is 5. The van der Waals surface area contributed by atoms with Crippen molar-refractivity contribution in [1.29, 1.82) is 0 Å². The number of aryl methyl sites for hydroxylation is 2. The van der Waals surface area contributed by atoms with E-state index >= 15 is 0 Å². The van der Waals surface area contributed by atoms with Gasteiger partial charge in [-0.05, 0) is 19.4 Å². The molecule has 0 aliphatic rings. The van der Waals surface area contributed by atoms with Crippen LogP contribution >= 0.6 is 34.4 Å². The van der Waals surface area contributed by atoms with Crippen LogP contribution in [0.3, 0.4) is 0 Å². The molecule has 0 spiro atoms. The zero-order valence-electron chi connectivity index (χ0n) is 13.3. The lowest BCUT2D eigenvalue weighted by atomic mass is 10.4. The Morgan fingerprint density at radius 1 is 1.38 bits per heavy atom. The highest BCUT2D eigenvalue weighted by Crippen LogP contribution is 2.30. The largest absolute Gasteiger partial charge is 0.300 e. The minimum absolute atomic E-state index is 0.0639. The number of nitrogens with zero attached hydrogens (tertiary/aromatic N) is 4. The summed E-state index contributed by atoms with van der Waals surface area (Å²) in [5, 5.41) is 12.6. The second-order valence-corrected chi connectivity index (χ2v) is 8.37. The van der Waals surface area contributed by atoms with E-state index in [0.29, 0.717) is 21.2 Å². The summed E-state index contributed by atoms with van der Waals surface area (Å²) in [5.74, 6) is 0.771. The first-order chi connectivity index (χ1) is 11.5. The third-order valence-corrected chi connectivity index (χ3v) is 6.55. The minimum atomic E-state index is -0.145. The van der Waals surface area contributed by atoms with E-state index in [4.69, 9.17) is 0 Å². The summed E-state index contributed by atoms with van der Waals surface area (Å²) in [7, 11) is 1.70. The zero-order chi connectivity index (χ0) is 17.3. The average molecular weight is 382 g/mol. The molecule has 0 aliphatic carbocycles. The fraction of sp³-hybridized carbons (Fsp3) is 0.357. The molecule has 1 N–H and O–H groups in total. The van der Waals surface area contributed by atoms with Gasteiger partial charge < -0.3 is 0 Å². The lowest BCUT2D eigenvalue weighted by Crippen LogP contribution is -2.19. The molecule has 0 atom stereocenters. The van der Waals surface area contributed by atoms with E-state index in [1.54, 1.807) is 20.0 Å². The number of thioether (sulfide) groups is 1. The molecule has 0 radical (unpaired) electrons. The molecule has 0 saturated heterocycles. The molecular formula is C14H15N5O2S3. The maximum atomic E-state index is 12.2. The number of carbonyl (C=O) groups excluding carboxylic acids is 1. The molecule has 24 heavy (non-hydrogen) atoms. The van der Waals surface area contributed by atoms with Crippen molar-refractivity contribution in [2.45, 2.75) is 24.5 Å². The molecule has 0 unspecified atom stereocenters. The van der Waals surface area contributed by atoms with Gasteiger partial charge in [0.2, 0.25) is 11.0 Å². The summed E-state index contributed by atoms with van der Waals surface area (Å²) in [5.41, 5.74) is -0.0639. The van der Waals surface area contributed by atoms with Crippen LogP contribution in [0.4, 0.5) is 5.13 Å². The Bertz CT molecular complexity index is 959. The van der Waals surface area contributed by atoms with Crippen molar-refractivity contribution in [3.8, 4) is 0 Å². The van der Waals surface area contributed by atoms with Gasteiger partial charge in [-0.2, -0.15) is 0 Å². The monoisotopic (exact) mass is 381 g/mol. The van der Waals surface area contributed by atoms with Gasteiger partial charge in [0.05, 0.1) is 15.3 Å². The van der Waals surface area contributed by atoms with Crippen LogP contribution in [0.5, 0.6) is 0 Å². The summed E-state index contributed by atoms with van der Waals surface area (Å²) >= 11 is 4.18. The molecule has 0 aromatic carbocycles. The molecule has 10 heteroatoms. The van der Waals surface area contributed by atoms with Crippen LogP contribution in [-0.2, 0) is 18.3 Å². The number of carbonyl (C=O) groups is 1. The van der Waals surface area contributed by atoms with E-state index in [0.717, 1.165) is 15.6 Å². The number of hydrogen-bond acceptors (Lipinski definition) is 8. The summed E-state index contributed by atoms with van der Waals surface area (Å²) in [6, 6.07) is 1.80. The third kappa shape index (κ3) is 3.50. The maximum absolute atomic E-state index is 12.2. The van der Waals surface area contributed by atoms with Gasteiger partial charge in [-0.15, -0.1) is 33.3 Å². The van der Waals surface area contributed by atoms with E-state index in [-0.39, 0.29) is 17.2 Å². The summed E-state index contributed by atoms with van der Waals surface area (Å²) in [6.45, 7) is 3.79. The van der Waals surface area contributed by atoms with Crippen LogP contribution in [0.15, 0.2) is 15.1 Å². The van der Waals surface area contributed by atoms with E-state index in [2.05, 4.69) is 20.5 Å². The van der Waals surface area contributed by atoms with E-state index in [9.17, 15) is 9.59 Å². The van der Waals surface area contributed by atoms with Crippen LogP contribution in [0.25, 0.3) is 10.2 Å². The van der Waals surface area contributed by atoms with E-state index in [1.165, 1.54) is 39.0 Å². The van der Waals surface area contributed by atoms with Crippen LogP contribution in [0.2, 0.25) is 0 Å². The van der Waals surface area contributed by atoms with Crippen molar-refractivity contribution in [2.75, 3.05) is 11.1 Å². The predicted octanol–water partition coefficient (Wildman–Crippen LogP) is 2.45. The first-order valence-electron chi connectivity index (χ1n) is 7.20. The Morgan fingerprint density at radius 3 is 2.88 bits per heavy atom. The molecule has 3 aromatic rings. The highest BCUT2D eigenvalue weighted by molar-refractivity contribution is 8.01. The number of amides is 1. The highest BCUT2D eigenvalue weighted by atomic mass is 32.2. The van der Waals surface area contributed by atoms with Crippen LogP contribution in [0, 0.1) is 6.92 Å². The van der Waals surface area contributed by atoms with Gasteiger partial charge in [0.1, 0.15) is 15.7 Å². The molecule has 0 aliphatic heterocycles. The number of anilines is 1. The van der Waals surface area contributed by atoms with Crippen molar-refractivity contribution in [1.82, 2.24) is 19.7 Å². The topological polar surface area (TPSA) is 89.8 Å². The maximum Gasteiger partial charge on any atom is 0.262 e. The minimum Gasteiger partial charge on any atom is -0.300 e. The first kappa shape index (κ1) is 17.1. The molecule has 0 bridgehead atoms. The standard InChI is InChI=1S/C14H15N5O2S3/c1-4-10-17-18-14(23-10)16-9(20)6-22-11-5-8-12(24-11)15-7(2)19(3)13(8)21/h5H,4,6H2,1-3H3,(H,16,18,20). The summed E-state index contributed by atoms with van der Waals surface area (Å²) < 4.78 is 2.42. The van der Waals surface area contributed by atoms with Gasteiger partial charge in [0.25, 0.3) is 5.56 Å². The number of aromatic nitrogens is 4. The molecule has 1 amide bonds. The van der Waals surface area contributed by atoms with Crippen molar-refractivity contribution in [3.63, 3.8) is 0 Å². The van der Waals surface area contributed by atoms with Gasteiger partial charge >= 0.3 is 0 Å². The Kier molecular flexibility index (Phi) is 4.97. The molecule has 126 valence electrons. The Labute approximate surface area is 150 Å². The molecule has 7 nitrogen and oxygen atoms in total. The molecule has 3 heterocycles. The number of fused-ring (bicyclic) bond motifs is 1. The number of thiophene rings is 1. The summed E-state index contributed by atoms with van der Waals surface area (Å²) in [4.78, 5) is 29.3. The van der Waals surface area contributed by atoms with Gasteiger partial charge in [-0.1, -0.05) is 18.3 Å². The average Bonchev–Trinajstić information content (AvgIpc) is 3.17. The normalized spacial score (nSPS) is 11.1. The first-order valence-corrected chi connectivity index (χ1v) is 9.82. The molecule has 0 fully saturated rings. The summed E-state index contributed by atoms with van der Waals surface area (Å²) in [6.07, 6.45) is 0.797. The van der Waals surface area contributed by atoms with Crippen molar-refractivity contribution in [3.05, 3.63) is 27.3 Å². The fourth-order valence-electron chi connectivity index (χ4n) is 1.96. The SMILES string of the molecule is CCc1nnc(NC(=O)CSc2cc3c(=O)n(C)c(C)nc3s2)s1. The van der Waals surface area contributed by atoms with Crippen LogP contribution < -0.4 is 10.9 Å². The molecule has 0 saturated carbocycles. The smallest absolute Gasteiger partial charge is 0.262 e. The van der Waals surface area contributed by atoms with Gasteiger partial charge in [-0.3, -0.25) is 19.5 Å². The molecule has 3 aromatic heterocycles. The fourth-order valence-corrected chi connectivity index (χ4v) is 4.65. The number of hydrogen-bond donors (Lipinski definition) is 1. The highest BCUT2D eigenvalue weighted by Gasteiger charge is 2.12. The van der Waals surface area contributed by atoms with E-state index in [1.807, 2.05) is 6.92 Å². The van der Waals surface area contributed by atoms with Crippen LogP contribution in [-0.4, -0.2) is 31.4 Å². The Morgan fingerprint density at radius 2 is 2.17 bits per heavy atom. The van der Waals surface area contributed by atoms with Crippen molar-refractivity contribution < 1.29 is 4.79 Å². The Balaban J connectivity index is 1.68. The number of nitrogens with one attached hydrogen (secondary N) is 1. The van der Waals surface area contributed by atoms with E-state index < -0.39 is 0 Å².